The van der Waals surface area contributed by atoms with E-state index in [1.165, 1.54) is 24.6 Å². The van der Waals surface area contributed by atoms with Crippen LogP contribution in [0.2, 0.25) is 0 Å². The van der Waals surface area contributed by atoms with Crippen molar-refractivity contribution >= 4 is 5.91 Å². The smallest absolute Gasteiger partial charge is 0.290 e. The van der Waals surface area contributed by atoms with Crippen LogP contribution in [-0.4, -0.2) is 45.3 Å². The number of aromatic hydroxyl groups is 1. The van der Waals surface area contributed by atoms with Gasteiger partial charge in [-0.15, -0.1) is 0 Å². The summed E-state index contributed by atoms with van der Waals surface area (Å²) >= 11 is 0. The van der Waals surface area contributed by atoms with Gasteiger partial charge in [-0.2, -0.15) is 0 Å². The number of ether oxygens (including phenoxy) is 1. The van der Waals surface area contributed by atoms with Crippen LogP contribution in [-0.2, 0) is 11.3 Å². The second-order valence-corrected chi connectivity index (χ2v) is 5.41. The van der Waals surface area contributed by atoms with Crippen LogP contribution in [0.5, 0.6) is 5.75 Å². The summed E-state index contributed by atoms with van der Waals surface area (Å²) < 4.78 is 33.9. The quantitative estimate of drug-likeness (QED) is 0.765. The Morgan fingerprint density at radius 3 is 2.76 bits per heavy atom. The van der Waals surface area contributed by atoms with E-state index in [9.17, 15) is 23.5 Å². The van der Waals surface area contributed by atoms with Crippen LogP contribution < -0.4 is 5.43 Å². The van der Waals surface area contributed by atoms with Gasteiger partial charge in [0, 0.05) is 11.8 Å². The average molecular weight is 300 g/mol. The van der Waals surface area contributed by atoms with Crippen LogP contribution in [0.25, 0.3) is 0 Å². The molecule has 1 N–H and O–H groups in total. The van der Waals surface area contributed by atoms with E-state index >= 15 is 0 Å². The van der Waals surface area contributed by atoms with E-state index in [-0.39, 0.29) is 17.8 Å². The third-order valence-electron chi connectivity index (χ3n) is 4.03. The molecule has 0 radical (unpaired) electrons. The van der Waals surface area contributed by atoms with Gasteiger partial charge in [0.25, 0.3) is 11.8 Å². The van der Waals surface area contributed by atoms with Gasteiger partial charge in [-0.25, -0.2) is 8.78 Å². The summed E-state index contributed by atoms with van der Waals surface area (Å²) in [6.45, 7) is 2.07. The lowest BCUT2D eigenvalue weighted by Gasteiger charge is -2.47. The van der Waals surface area contributed by atoms with Crippen molar-refractivity contribution in [3.05, 3.63) is 27.7 Å². The summed E-state index contributed by atoms with van der Waals surface area (Å²) in [7, 11) is 0. The predicted octanol–water partition coefficient (Wildman–Crippen LogP) is 0.698. The highest BCUT2D eigenvalue weighted by atomic mass is 19.3. The minimum Gasteiger partial charge on any atom is -0.503 e. The molecule has 0 unspecified atom stereocenters. The number of pyridine rings is 1. The van der Waals surface area contributed by atoms with Crippen molar-refractivity contribution in [3.63, 3.8) is 0 Å². The van der Waals surface area contributed by atoms with E-state index in [1.807, 2.05) is 0 Å². The molecule has 3 heterocycles. The zero-order valence-electron chi connectivity index (χ0n) is 11.5. The average Bonchev–Trinajstić information content (AvgIpc) is 2.40. The number of hydrogen-bond donors (Lipinski definition) is 1. The zero-order valence-corrected chi connectivity index (χ0v) is 11.5. The molecule has 1 aromatic heterocycles. The van der Waals surface area contributed by atoms with Crippen molar-refractivity contribution in [2.45, 2.75) is 38.6 Å². The van der Waals surface area contributed by atoms with E-state index in [1.54, 1.807) is 0 Å². The molecule has 1 fully saturated rings. The highest BCUT2D eigenvalue weighted by molar-refractivity contribution is 5.96. The van der Waals surface area contributed by atoms with Crippen LogP contribution in [0, 0.1) is 6.92 Å². The first-order chi connectivity index (χ1) is 9.74. The summed E-state index contributed by atoms with van der Waals surface area (Å²) in [5, 5.41) is 9.89. The fourth-order valence-electron chi connectivity index (χ4n) is 2.75. The maximum atomic E-state index is 13.7. The molecule has 2 aliphatic heterocycles. The van der Waals surface area contributed by atoms with E-state index in [0.717, 1.165) is 4.90 Å². The summed E-state index contributed by atoms with van der Waals surface area (Å²) in [6, 6.07) is -1.37. The van der Waals surface area contributed by atoms with Gasteiger partial charge < -0.3 is 19.3 Å². The number of hydrogen-bond acceptors (Lipinski definition) is 4. The van der Waals surface area contributed by atoms with Gasteiger partial charge in [0.1, 0.15) is 6.61 Å². The SMILES string of the molecule is Cc1cn2c(c(O)c1=O)C(=O)N1[C@@H](C)C(F)(F)CO[C@@H]1C2. The summed E-state index contributed by atoms with van der Waals surface area (Å²) in [6.07, 6.45) is 0.592. The summed E-state index contributed by atoms with van der Waals surface area (Å²) in [4.78, 5) is 25.1. The Kier molecular flexibility index (Phi) is 2.84. The molecule has 0 spiro atoms. The van der Waals surface area contributed by atoms with Gasteiger partial charge in [0.05, 0.1) is 12.6 Å². The Labute approximate surface area is 118 Å². The molecule has 2 aliphatic rings. The van der Waals surface area contributed by atoms with Crippen molar-refractivity contribution in [2.75, 3.05) is 6.61 Å². The molecule has 3 rings (SSSR count). The molecule has 0 bridgehead atoms. The second kappa shape index (κ2) is 4.27. The second-order valence-electron chi connectivity index (χ2n) is 5.41. The molecule has 0 aliphatic carbocycles. The molecule has 1 saturated heterocycles. The Hall–Kier alpha value is -1.96. The van der Waals surface area contributed by atoms with Crippen molar-refractivity contribution in [2.24, 2.45) is 0 Å². The molecule has 6 nitrogen and oxygen atoms in total. The van der Waals surface area contributed by atoms with E-state index in [0.29, 0.717) is 0 Å². The fourth-order valence-corrected chi connectivity index (χ4v) is 2.75. The van der Waals surface area contributed by atoms with Crippen molar-refractivity contribution in [3.8, 4) is 5.75 Å². The molecule has 2 atom stereocenters. The molecule has 0 saturated carbocycles. The standard InChI is InChI=1S/C13H14F2N2O4/c1-6-3-16-4-8-17(7(2)13(14,15)5-21-8)12(20)9(16)11(19)10(6)18/h3,7-8,19H,4-5H2,1-2H3/t7-,8+/m0/s1. The first kappa shape index (κ1) is 14.0. The lowest BCUT2D eigenvalue weighted by Crippen LogP contribution is -2.64. The number of alkyl halides is 2. The maximum absolute atomic E-state index is 13.7. The molecular weight excluding hydrogens is 286 g/mol. The Morgan fingerprint density at radius 1 is 1.43 bits per heavy atom. The minimum absolute atomic E-state index is 0.0934. The first-order valence-electron chi connectivity index (χ1n) is 6.49. The summed E-state index contributed by atoms with van der Waals surface area (Å²) in [5.74, 6) is -4.71. The summed E-state index contributed by atoms with van der Waals surface area (Å²) in [5.41, 5.74) is -0.674. The van der Waals surface area contributed by atoms with Gasteiger partial charge >= 0.3 is 0 Å². The maximum Gasteiger partial charge on any atom is 0.290 e. The minimum atomic E-state index is -3.17. The van der Waals surface area contributed by atoms with Crippen LogP contribution in [0.3, 0.4) is 0 Å². The highest BCUT2D eigenvalue weighted by Crippen LogP contribution is 2.35. The van der Waals surface area contributed by atoms with Crippen LogP contribution in [0.4, 0.5) is 8.78 Å². The van der Waals surface area contributed by atoms with Crippen molar-refractivity contribution in [1.29, 1.82) is 0 Å². The monoisotopic (exact) mass is 300 g/mol. The number of carbonyl (C=O) groups excluding carboxylic acids is 1. The number of aromatic nitrogens is 1. The number of amides is 1. The van der Waals surface area contributed by atoms with Crippen molar-refractivity contribution < 1.29 is 23.4 Å². The molecule has 1 aromatic rings. The number of carbonyl (C=O) groups is 1. The van der Waals surface area contributed by atoms with E-state index in [4.69, 9.17) is 4.74 Å². The van der Waals surface area contributed by atoms with Crippen molar-refractivity contribution in [1.82, 2.24) is 9.47 Å². The van der Waals surface area contributed by atoms with E-state index < -0.39 is 41.9 Å². The van der Waals surface area contributed by atoms with Crippen LogP contribution in [0.1, 0.15) is 23.0 Å². The van der Waals surface area contributed by atoms with Gasteiger partial charge in [0.15, 0.2) is 17.7 Å². The Morgan fingerprint density at radius 2 is 2.10 bits per heavy atom. The molecular formula is C13H14F2N2O4. The number of aryl methyl sites for hydroxylation is 1. The fraction of sp³-hybridized carbons (Fsp3) is 0.538. The van der Waals surface area contributed by atoms with Gasteiger partial charge in [-0.3, -0.25) is 9.59 Å². The Balaban J connectivity index is 2.14. The molecule has 0 aromatic carbocycles. The lowest BCUT2D eigenvalue weighted by molar-refractivity contribution is -0.224. The van der Waals surface area contributed by atoms with Crippen LogP contribution in [0.15, 0.2) is 11.0 Å². The van der Waals surface area contributed by atoms with Gasteiger partial charge in [-0.1, -0.05) is 0 Å². The number of nitrogens with zero attached hydrogens (tertiary/aromatic N) is 2. The molecule has 21 heavy (non-hydrogen) atoms. The third kappa shape index (κ3) is 1.85. The van der Waals surface area contributed by atoms with Gasteiger partial charge in [0.2, 0.25) is 5.43 Å². The normalized spacial score (nSPS) is 27.2. The zero-order chi connectivity index (χ0) is 15.5. The largest absolute Gasteiger partial charge is 0.503 e. The third-order valence-corrected chi connectivity index (χ3v) is 4.03. The lowest BCUT2D eigenvalue weighted by atomic mass is 10.0. The highest BCUT2D eigenvalue weighted by Gasteiger charge is 2.52. The molecule has 1 amide bonds. The molecule has 114 valence electrons. The number of fused-ring (bicyclic) bond motifs is 2. The predicted molar refractivity (Wildman–Crippen MR) is 67.4 cm³/mol. The van der Waals surface area contributed by atoms with Crippen LogP contribution >= 0.6 is 0 Å². The first-order valence-corrected chi connectivity index (χ1v) is 6.49. The number of rotatable bonds is 0. The molecule has 8 heteroatoms. The number of halogens is 2. The Bertz CT molecular complexity index is 685. The topological polar surface area (TPSA) is 71.8 Å². The van der Waals surface area contributed by atoms with Gasteiger partial charge in [-0.05, 0) is 13.8 Å². The van der Waals surface area contributed by atoms with E-state index in [2.05, 4.69) is 0 Å².